The van der Waals surface area contributed by atoms with E-state index in [2.05, 4.69) is 22.0 Å². The van der Waals surface area contributed by atoms with E-state index in [1.54, 1.807) is 25.4 Å². The molecule has 0 spiro atoms. The molecule has 2 aromatic carbocycles. The Morgan fingerprint density at radius 1 is 1.06 bits per heavy atom. The molecule has 0 unspecified atom stereocenters. The second-order valence-corrected chi connectivity index (χ2v) is 8.49. The van der Waals surface area contributed by atoms with Gasteiger partial charge in [-0.3, -0.25) is 14.3 Å². The van der Waals surface area contributed by atoms with E-state index in [-0.39, 0.29) is 11.7 Å². The Balaban J connectivity index is 1.47. The van der Waals surface area contributed by atoms with Gasteiger partial charge in [-0.15, -0.1) is 0 Å². The minimum atomic E-state index is -0.308. The summed E-state index contributed by atoms with van der Waals surface area (Å²) in [5.74, 6) is 0.495. The Kier molecular flexibility index (Phi) is 7.12. The van der Waals surface area contributed by atoms with Crippen molar-refractivity contribution in [3.05, 3.63) is 71.8 Å². The van der Waals surface area contributed by atoms with E-state index in [0.717, 1.165) is 37.5 Å². The number of carbonyl (C=O) groups is 1. The standard InChI is InChI=1S/C24H27FN4O2S/c1-31-21-10-4-18(5-11-21)17-27-12-3-13-28(15-14-27)23(30)22-16-26-24(32-2)29(22)20-8-6-19(25)7-9-20/h4-11,16H,3,12-15,17H2,1-2H3. The van der Waals surface area contributed by atoms with Crippen LogP contribution < -0.4 is 4.74 Å². The molecule has 0 bridgehead atoms. The van der Waals surface area contributed by atoms with Crippen LogP contribution in [0.4, 0.5) is 4.39 Å². The second-order valence-electron chi connectivity index (χ2n) is 7.71. The van der Waals surface area contributed by atoms with Crippen molar-refractivity contribution in [3.8, 4) is 11.4 Å². The van der Waals surface area contributed by atoms with Crippen molar-refractivity contribution < 1.29 is 13.9 Å². The number of nitrogens with zero attached hydrogens (tertiary/aromatic N) is 4. The molecule has 1 fully saturated rings. The van der Waals surface area contributed by atoms with Crippen molar-refractivity contribution in [1.29, 1.82) is 0 Å². The molecule has 6 nitrogen and oxygen atoms in total. The third kappa shape index (κ3) is 4.97. The average molecular weight is 455 g/mol. The number of rotatable bonds is 6. The fourth-order valence-electron chi connectivity index (χ4n) is 3.95. The van der Waals surface area contributed by atoms with Crippen LogP contribution in [0.5, 0.6) is 5.75 Å². The first-order chi connectivity index (χ1) is 15.6. The van der Waals surface area contributed by atoms with E-state index < -0.39 is 0 Å². The van der Waals surface area contributed by atoms with Crippen molar-refractivity contribution in [2.45, 2.75) is 18.1 Å². The molecular formula is C24H27FN4O2S. The van der Waals surface area contributed by atoms with E-state index in [4.69, 9.17) is 4.74 Å². The van der Waals surface area contributed by atoms with Crippen molar-refractivity contribution >= 4 is 17.7 Å². The summed E-state index contributed by atoms with van der Waals surface area (Å²) in [5.41, 5.74) is 2.46. The summed E-state index contributed by atoms with van der Waals surface area (Å²) in [6.45, 7) is 3.93. The van der Waals surface area contributed by atoms with Gasteiger partial charge in [0.25, 0.3) is 5.91 Å². The van der Waals surface area contributed by atoms with Crippen molar-refractivity contribution in [3.63, 3.8) is 0 Å². The van der Waals surface area contributed by atoms with E-state index in [9.17, 15) is 9.18 Å². The molecule has 1 saturated heterocycles. The number of aromatic nitrogens is 2. The quantitative estimate of drug-likeness (QED) is 0.525. The molecule has 4 rings (SSSR count). The third-order valence-electron chi connectivity index (χ3n) is 5.66. The van der Waals surface area contributed by atoms with Gasteiger partial charge in [-0.1, -0.05) is 23.9 Å². The van der Waals surface area contributed by atoms with Gasteiger partial charge < -0.3 is 9.64 Å². The Hall–Kier alpha value is -2.84. The van der Waals surface area contributed by atoms with Gasteiger partial charge in [0.1, 0.15) is 17.3 Å². The minimum absolute atomic E-state index is 0.0478. The van der Waals surface area contributed by atoms with E-state index in [1.165, 1.54) is 29.5 Å². The maximum Gasteiger partial charge on any atom is 0.272 e. The molecule has 3 aromatic rings. The summed E-state index contributed by atoms with van der Waals surface area (Å²) < 4.78 is 20.5. The fourth-order valence-corrected chi connectivity index (χ4v) is 4.50. The summed E-state index contributed by atoms with van der Waals surface area (Å²) in [7, 11) is 1.67. The number of amides is 1. The molecule has 32 heavy (non-hydrogen) atoms. The SMILES string of the molecule is COc1ccc(CN2CCCN(C(=O)c3cnc(SC)n3-c3ccc(F)cc3)CC2)cc1. The number of hydrogen-bond donors (Lipinski definition) is 0. The van der Waals surface area contributed by atoms with Gasteiger partial charge in [-0.2, -0.15) is 0 Å². The number of thioether (sulfide) groups is 1. The highest BCUT2D eigenvalue weighted by Gasteiger charge is 2.25. The lowest BCUT2D eigenvalue weighted by atomic mass is 10.2. The number of ether oxygens (including phenoxy) is 1. The van der Waals surface area contributed by atoms with Gasteiger partial charge in [0.05, 0.1) is 13.3 Å². The van der Waals surface area contributed by atoms with Gasteiger partial charge in [-0.05, 0) is 54.6 Å². The number of carbonyl (C=O) groups excluding carboxylic acids is 1. The Bertz CT molecular complexity index is 1050. The average Bonchev–Trinajstić information content (AvgIpc) is 3.12. The largest absolute Gasteiger partial charge is 0.497 e. The zero-order chi connectivity index (χ0) is 22.5. The summed E-state index contributed by atoms with van der Waals surface area (Å²) in [6, 6.07) is 14.3. The number of hydrogen-bond acceptors (Lipinski definition) is 5. The fraction of sp³-hybridized carbons (Fsp3) is 0.333. The summed E-state index contributed by atoms with van der Waals surface area (Å²) >= 11 is 1.46. The number of methoxy groups -OCH3 is 1. The molecule has 0 N–H and O–H groups in total. The van der Waals surface area contributed by atoms with Crippen LogP contribution in [0.1, 0.15) is 22.5 Å². The highest BCUT2D eigenvalue weighted by molar-refractivity contribution is 7.98. The maximum atomic E-state index is 13.4. The van der Waals surface area contributed by atoms with Crippen LogP contribution in [-0.2, 0) is 6.54 Å². The highest BCUT2D eigenvalue weighted by atomic mass is 32.2. The zero-order valence-corrected chi connectivity index (χ0v) is 19.1. The van der Waals surface area contributed by atoms with Crippen LogP contribution in [0.2, 0.25) is 0 Å². The normalized spacial score (nSPS) is 14.9. The molecule has 0 atom stereocenters. The monoisotopic (exact) mass is 454 g/mol. The molecule has 0 saturated carbocycles. The third-order valence-corrected chi connectivity index (χ3v) is 6.31. The lowest BCUT2D eigenvalue weighted by Crippen LogP contribution is -2.36. The molecule has 1 aliphatic heterocycles. The van der Waals surface area contributed by atoms with Crippen molar-refractivity contribution in [1.82, 2.24) is 19.4 Å². The lowest BCUT2D eigenvalue weighted by Gasteiger charge is -2.22. The van der Waals surface area contributed by atoms with Gasteiger partial charge in [0, 0.05) is 38.4 Å². The molecule has 168 valence electrons. The predicted molar refractivity (Wildman–Crippen MR) is 124 cm³/mol. The van der Waals surface area contributed by atoms with Crippen LogP contribution in [0.25, 0.3) is 5.69 Å². The molecule has 0 radical (unpaired) electrons. The number of halogens is 1. The molecule has 8 heteroatoms. The molecule has 1 amide bonds. The molecule has 1 aliphatic rings. The molecule has 1 aromatic heterocycles. The molecule has 0 aliphatic carbocycles. The van der Waals surface area contributed by atoms with Gasteiger partial charge in [0.15, 0.2) is 5.16 Å². The summed E-state index contributed by atoms with van der Waals surface area (Å²) in [5, 5.41) is 0.705. The van der Waals surface area contributed by atoms with Crippen LogP contribution in [0, 0.1) is 5.82 Å². The molecule has 2 heterocycles. The number of benzene rings is 2. The van der Waals surface area contributed by atoms with Crippen LogP contribution >= 0.6 is 11.8 Å². The Labute approximate surface area is 192 Å². The first kappa shape index (κ1) is 22.4. The number of imidazole rings is 1. The van der Waals surface area contributed by atoms with Crippen LogP contribution in [0.3, 0.4) is 0 Å². The topological polar surface area (TPSA) is 50.6 Å². The summed E-state index contributed by atoms with van der Waals surface area (Å²) in [6.07, 6.45) is 4.44. The maximum absolute atomic E-state index is 13.4. The van der Waals surface area contributed by atoms with Gasteiger partial charge in [0.2, 0.25) is 0 Å². The smallest absolute Gasteiger partial charge is 0.272 e. The first-order valence-corrected chi connectivity index (χ1v) is 11.8. The van der Waals surface area contributed by atoms with E-state index in [0.29, 0.717) is 23.9 Å². The van der Waals surface area contributed by atoms with Crippen molar-refractivity contribution in [2.24, 2.45) is 0 Å². The van der Waals surface area contributed by atoms with E-state index >= 15 is 0 Å². The summed E-state index contributed by atoms with van der Waals surface area (Å²) in [4.78, 5) is 22.1. The lowest BCUT2D eigenvalue weighted by molar-refractivity contribution is 0.0752. The van der Waals surface area contributed by atoms with Crippen molar-refractivity contribution in [2.75, 3.05) is 39.5 Å². The predicted octanol–water partition coefficient (Wildman–Crippen LogP) is 4.09. The van der Waals surface area contributed by atoms with Crippen LogP contribution in [0.15, 0.2) is 59.9 Å². The van der Waals surface area contributed by atoms with E-state index in [1.807, 2.05) is 27.9 Å². The highest BCUT2D eigenvalue weighted by Crippen LogP contribution is 2.23. The van der Waals surface area contributed by atoms with Gasteiger partial charge >= 0.3 is 0 Å². The van der Waals surface area contributed by atoms with Crippen LogP contribution in [-0.4, -0.2) is 64.8 Å². The Morgan fingerprint density at radius 3 is 2.50 bits per heavy atom. The first-order valence-electron chi connectivity index (χ1n) is 10.6. The minimum Gasteiger partial charge on any atom is -0.497 e. The zero-order valence-electron chi connectivity index (χ0n) is 18.3. The second kappa shape index (κ2) is 10.2. The Morgan fingerprint density at radius 2 is 1.81 bits per heavy atom. The van der Waals surface area contributed by atoms with Gasteiger partial charge in [-0.25, -0.2) is 9.37 Å². The molecular weight excluding hydrogens is 427 g/mol.